The number of carbonyl (C=O) groups is 1. The first-order valence-electron chi connectivity index (χ1n) is 18.9. The van der Waals surface area contributed by atoms with Crippen molar-refractivity contribution < 1.29 is 37.3 Å². The molecule has 10 heteroatoms. The molecule has 0 aromatic heterocycles. The van der Waals surface area contributed by atoms with Crippen molar-refractivity contribution in [2.45, 2.75) is 153 Å². The Morgan fingerprint density at radius 3 is 2.42 bits per heavy atom. The van der Waals surface area contributed by atoms with Gasteiger partial charge in [-0.3, -0.25) is 4.79 Å². The van der Waals surface area contributed by atoms with E-state index >= 15 is 0 Å². The molecule has 3 aliphatic rings. The Bertz CT molecular complexity index is 1360. The summed E-state index contributed by atoms with van der Waals surface area (Å²) in [7, 11) is -3.53. The molecule has 0 spiro atoms. The van der Waals surface area contributed by atoms with Gasteiger partial charge >= 0.3 is 5.97 Å². The van der Waals surface area contributed by atoms with E-state index in [1.807, 2.05) is 26.8 Å². The summed E-state index contributed by atoms with van der Waals surface area (Å²) in [6.45, 7) is 18.9. The fourth-order valence-corrected chi connectivity index (χ4v) is 10.7. The van der Waals surface area contributed by atoms with Crippen LogP contribution in [0.3, 0.4) is 0 Å². The molecule has 3 fully saturated rings. The lowest BCUT2D eigenvalue weighted by Crippen LogP contribution is -2.50. The van der Waals surface area contributed by atoms with Crippen LogP contribution in [0, 0.1) is 29.1 Å². The molecule has 0 amide bonds. The van der Waals surface area contributed by atoms with E-state index in [1.165, 1.54) is 0 Å². The fraction of sp³-hybridized carbons (Fsp3) is 0.775. The number of aliphatic hydroxyl groups excluding tert-OH is 1. The SMILES string of the molecule is C=C([C@H](C)CC1CC[C@@H]2O[C@@H](CCCOC(=O)C(C)(C)C)C[C@]2(CI)O1)[C@H](O)C[C@@H]1OC(C[C@H](C)CC)[C@H](C)[C@H]1CS(=O)(=O)c1ccccc1. The Balaban J connectivity index is 1.34. The van der Waals surface area contributed by atoms with Gasteiger partial charge in [-0.25, -0.2) is 8.42 Å². The van der Waals surface area contributed by atoms with Crippen LogP contribution in [0.1, 0.15) is 106 Å². The van der Waals surface area contributed by atoms with E-state index in [1.54, 1.807) is 24.3 Å². The van der Waals surface area contributed by atoms with Crippen LogP contribution in [-0.2, 0) is 33.6 Å². The van der Waals surface area contributed by atoms with E-state index < -0.39 is 21.4 Å². The lowest BCUT2D eigenvalue weighted by molar-refractivity contribution is -0.156. The molecule has 8 nitrogen and oxygen atoms in total. The number of ether oxygens (including phenoxy) is 4. The van der Waals surface area contributed by atoms with Crippen LogP contribution in [0.2, 0.25) is 0 Å². The Hall–Kier alpha value is -1.05. The lowest BCUT2D eigenvalue weighted by Gasteiger charge is -2.42. The Morgan fingerprint density at radius 1 is 1.08 bits per heavy atom. The monoisotopic (exact) mass is 830 g/mol. The Kier molecular flexibility index (Phi) is 14.9. The molecule has 50 heavy (non-hydrogen) atoms. The highest BCUT2D eigenvalue weighted by atomic mass is 127. The van der Waals surface area contributed by atoms with Crippen LogP contribution < -0.4 is 0 Å². The van der Waals surface area contributed by atoms with Gasteiger partial charge in [0.25, 0.3) is 0 Å². The van der Waals surface area contributed by atoms with E-state index in [4.69, 9.17) is 18.9 Å². The third-order valence-electron chi connectivity index (χ3n) is 11.5. The summed E-state index contributed by atoms with van der Waals surface area (Å²) in [5.74, 6) is 0.113. The first-order chi connectivity index (χ1) is 23.5. The minimum absolute atomic E-state index is 0.00476. The first-order valence-corrected chi connectivity index (χ1v) is 22.0. The molecule has 0 aliphatic carbocycles. The molecule has 1 aromatic rings. The van der Waals surface area contributed by atoms with Gasteiger partial charge in [-0.05, 0) is 94.8 Å². The average Bonchev–Trinajstić information content (AvgIpc) is 3.58. The zero-order valence-corrected chi connectivity index (χ0v) is 34.4. The minimum atomic E-state index is -3.53. The van der Waals surface area contributed by atoms with Crippen LogP contribution in [0.15, 0.2) is 47.4 Å². The fourth-order valence-electron chi connectivity index (χ4n) is 7.91. The number of aliphatic hydroxyl groups is 1. The van der Waals surface area contributed by atoms with Crippen LogP contribution in [0.5, 0.6) is 0 Å². The average molecular weight is 831 g/mol. The van der Waals surface area contributed by atoms with Gasteiger partial charge in [-0.15, -0.1) is 0 Å². The van der Waals surface area contributed by atoms with E-state index in [9.17, 15) is 18.3 Å². The predicted octanol–water partition coefficient (Wildman–Crippen LogP) is 8.13. The molecular formula is C40H63IO8S. The zero-order chi connectivity index (χ0) is 36.9. The van der Waals surface area contributed by atoms with Crippen molar-refractivity contribution in [3.63, 3.8) is 0 Å². The largest absolute Gasteiger partial charge is 0.465 e. The summed E-state index contributed by atoms with van der Waals surface area (Å²) < 4.78 is 53.3. The number of alkyl halides is 1. The number of sulfone groups is 1. The van der Waals surface area contributed by atoms with Crippen LogP contribution >= 0.6 is 22.6 Å². The molecule has 11 atom stereocenters. The topological polar surface area (TPSA) is 108 Å². The zero-order valence-electron chi connectivity index (χ0n) is 31.4. The van der Waals surface area contributed by atoms with Crippen molar-refractivity contribution in [1.29, 1.82) is 0 Å². The molecule has 0 saturated carbocycles. The molecule has 1 aromatic carbocycles. The van der Waals surface area contributed by atoms with Gasteiger partial charge in [0.05, 0.1) is 59.3 Å². The molecule has 0 bridgehead atoms. The van der Waals surface area contributed by atoms with E-state index in [0.29, 0.717) is 23.8 Å². The lowest BCUT2D eigenvalue weighted by atomic mass is 9.82. The van der Waals surface area contributed by atoms with Crippen molar-refractivity contribution in [1.82, 2.24) is 0 Å². The van der Waals surface area contributed by atoms with Gasteiger partial charge in [0.15, 0.2) is 9.84 Å². The van der Waals surface area contributed by atoms with Crippen LogP contribution in [-0.4, -0.2) is 78.5 Å². The van der Waals surface area contributed by atoms with Crippen molar-refractivity contribution in [2.75, 3.05) is 16.8 Å². The highest BCUT2D eigenvalue weighted by Crippen LogP contribution is 2.46. The van der Waals surface area contributed by atoms with Crippen molar-refractivity contribution >= 4 is 38.4 Å². The van der Waals surface area contributed by atoms with Crippen molar-refractivity contribution in [2.24, 2.45) is 29.1 Å². The summed E-state index contributed by atoms with van der Waals surface area (Å²) >= 11 is 2.42. The number of carbonyl (C=O) groups excluding carboxylic acids is 1. The molecule has 3 saturated heterocycles. The third kappa shape index (κ3) is 10.5. The quantitative estimate of drug-likeness (QED) is 0.0552. The standard InChI is InChI=1S/C40H63IO8S/c1-9-26(2)20-35-29(5)33(24-50(44,45)32-15-11-10-12-16-32)36(48-35)22-34(42)28(4)27(3)21-30-17-18-37-40(25-41,49-30)23-31(47-37)14-13-19-46-38(43)39(6,7)8/h10-12,15-16,26-27,29-31,33-37,42H,4,9,13-14,17-25H2,1-3,5-8H3/t26-,27-,29-,30?,31+,33-,34-,35?,36+,37+,40-/m1/s1. The van der Waals surface area contributed by atoms with Gasteiger partial charge in [0.1, 0.15) is 5.60 Å². The second-order valence-electron chi connectivity index (χ2n) is 16.5. The molecular weight excluding hydrogens is 767 g/mol. The number of esters is 1. The van der Waals surface area contributed by atoms with Gasteiger partial charge < -0.3 is 24.1 Å². The maximum atomic E-state index is 13.5. The van der Waals surface area contributed by atoms with E-state index in [-0.39, 0.29) is 65.6 Å². The number of hydrogen-bond acceptors (Lipinski definition) is 8. The van der Waals surface area contributed by atoms with Gasteiger partial charge in [0, 0.05) is 23.2 Å². The van der Waals surface area contributed by atoms with Crippen LogP contribution in [0.4, 0.5) is 0 Å². The summed E-state index contributed by atoms with van der Waals surface area (Å²) in [5, 5.41) is 11.6. The van der Waals surface area contributed by atoms with Gasteiger partial charge in [0.2, 0.25) is 0 Å². The van der Waals surface area contributed by atoms with Gasteiger partial charge in [-0.1, -0.05) is 81.5 Å². The number of rotatable bonds is 17. The predicted molar refractivity (Wildman–Crippen MR) is 206 cm³/mol. The highest BCUT2D eigenvalue weighted by Gasteiger charge is 2.52. The summed E-state index contributed by atoms with van der Waals surface area (Å²) in [5.41, 5.74) is -0.0967. The van der Waals surface area contributed by atoms with Crippen molar-refractivity contribution in [3.05, 3.63) is 42.5 Å². The second kappa shape index (κ2) is 17.9. The molecule has 2 unspecified atom stereocenters. The molecule has 284 valence electrons. The Morgan fingerprint density at radius 2 is 1.78 bits per heavy atom. The normalized spacial score (nSPS) is 31.9. The molecule has 0 radical (unpaired) electrons. The maximum absolute atomic E-state index is 13.5. The number of benzene rings is 1. The third-order valence-corrected chi connectivity index (χ3v) is 14.6. The smallest absolute Gasteiger partial charge is 0.311 e. The summed E-state index contributed by atoms with van der Waals surface area (Å²) in [4.78, 5) is 12.5. The second-order valence-corrected chi connectivity index (χ2v) is 19.3. The van der Waals surface area contributed by atoms with E-state index in [2.05, 4.69) is 56.9 Å². The summed E-state index contributed by atoms with van der Waals surface area (Å²) in [6, 6.07) is 8.64. The van der Waals surface area contributed by atoms with Crippen LogP contribution in [0.25, 0.3) is 0 Å². The van der Waals surface area contributed by atoms with Crippen molar-refractivity contribution in [3.8, 4) is 0 Å². The number of fused-ring (bicyclic) bond motifs is 1. The molecule has 3 heterocycles. The highest BCUT2D eigenvalue weighted by molar-refractivity contribution is 14.1. The molecule has 4 rings (SSSR count). The van der Waals surface area contributed by atoms with Gasteiger partial charge in [-0.2, -0.15) is 0 Å². The summed E-state index contributed by atoms with van der Waals surface area (Å²) in [6.07, 6.45) is 6.11. The number of halogens is 1. The molecule has 1 N–H and O–H groups in total. The Labute approximate surface area is 315 Å². The van der Waals surface area contributed by atoms with E-state index in [0.717, 1.165) is 61.4 Å². The number of hydrogen-bond donors (Lipinski definition) is 1. The molecule has 3 aliphatic heterocycles. The maximum Gasteiger partial charge on any atom is 0.311 e. The first kappa shape index (κ1) is 41.7. The minimum Gasteiger partial charge on any atom is -0.465 e.